The van der Waals surface area contributed by atoms with Crippen LogP contribution < -0.4 is 59.1 Å². The largest absolute Gasteiger partial charge is 1.00 e. The summed E-state index contributed by atoms with van der Waals surface area (Å²) in [6, 6.07) is 0. The first-order valence-electron chi connectivity index (χ1n) is 1.84. The Morgan fingerprint density at radius 2 is 1.64 bits per heavy atom. The summed E-state index contributed by atoms with van der Waals surface area (Å²) in [5, 5.41) is 23.4. The summed E-state index contributed by atoms with van der Waals surface area (Å²) in [4.78, 5) is 19.3. The minimum absolute atomic E-state index is 0. The molecule has 0 bridgehead atoms. The standard InChI is InChI=1S/C2H3BO6.2Na.2H/c4-1(5)2(6)9-3(7)8;;;;/h7-8H,(H,4,5);;;;/q;2*+1;2*-1. The van der Waals surface area contributed by atoms with E-state index in [0.29, 0.717) is 0 Å². The van der Waals surface area contributed by atoms with E-state index in [9.17, 15) is 9.59 Å². The quantitative estimate of drug-likeness (QED) is 0.274. The number of carbonyl (C=O) groups excluding carboxylic acids is 1. The van der Waals surface area contributed by atoms with Crippen LogP contribution in [0.15, 0.2) is 0 Å². The molecule has 0 atom stereocenters. The van der Waals surface area contributed by atoms with Crippen LogP contribution in [0.5, 0.6) is 0 Å². The third-order valence-corrected chi connectivity index (χ3v) is 0.387. The van der Waals surface area contributed by atoms with Gasteiger partial charge >= 0.3 is 78.4 Å². The number of rotatable bonds is 1. The van der Waals surface area contributed by atoms with Crippen LogP contribution in [0, 0.1) is 0 Å². The van der Waals surface area contributed by atoms with Crippen LogP contribution >= 0.6 is 0 Å². The molecule has 0 aliphatic carbocycles. The van der Waals surface area contributed by atoms with E-state index in [1.54, 1.807) is 0 Å². The van der Waals surface area contributed by atoms with Crippen molar-refractivity contribution in [2.75, 3.05) is 0 Å². The number of carboxylic acid groups (broad SMARTS) is 1. The van der Waals surface area contributed by atoms with Gasteiger partial charge in [0, 0.05) is 0 Å². The molecule has 0 spiro atoms. The molecular formula is C2H5BNa2O6. The summed E-state index contributed by atoms with van der Waals surface area (Å²) in [6.45, 7) is 0. The number of aliphatic carboxylic acids is 1. The van der Waals surface area contributed by atoms with Crippen LogP contribution in [0.3, 0.4) is 0 Å². The second-order valence-corrected chi connectivity index (χ2v) is 1.04. The second-order valence-electron chi connectivity index (χ2n) is 1.04. The summed E-state index contributed by atoms with van der Waals surface area (Å²) in [5.74, 6) is -3.58. The van der Waals surface area contributed by atoms with E-state index < -0.39 is 19.3 Å². The van der Waals surface area contributed by atoms with E-state index in [0.717, 1.165) is 0 Å². The maximum absolute atomic E-state index is 9.81. The second kappa shape index (κ2) is 9.02. The van der Waals surface area contributed by atoms with Crippen molar-refractivity contribution in [3.05, 3.63) is 0 Å². The van der Waals surface area contributed by atoms with Crippen LogP contribution in [0.4, 0.5) is 0 Å². The summed E-state index contributed by atoms with van der Waals surface area (Å²) < 4.78 is 3.38. The van der Waals surface area contributed by atoms with Crippen molar-refractivity contribution in [3.8, 4) is 0 Å². The van der Waals surface area contributed by atoms with Gasteiger partial charge in [-0.25, -0.2) is 9.59 Å². The molecule has 0 rings (SSSR count). The van der Waals surface area contributed by atoms with Crippen molar-refractivity contribution in [2.45, 2.75) is 0 Å². The number of carbonyl (C=O) groups is 2. The number of hydrogen-bond acceptors (Lipinski definition) is 5. The minimum Gasteiger partial charge on any atom is -1.00 e. The molecule has 0 aliphatic heterocycles. The zero-order valence-corrected chi connectivity index (χ0v) is 10.1. The Labute approximate surface area is 110 Å². The Morgan fingerprint density at radius 1 is 1.27 bits per heavy atom. The third-order valence-electron chi connectivity index (χ3n) is 0.387. The zero-order valence-electron chi connectivity index (χ0n) is 8.14. The topological polar surface area (TPSA) is 104 Å². The van der Waals surface area contributed by atoms with E-state index in [1.165, 1.54) is 0 Å². The van der Waals surface area contributed by atoms with Crippen molar-refractivity contribution in [3.63, 3.8) is 0 Å². The van der Waals surface area contributed by atoms with Crippen molar-refractivity contribution in [1.29, 1.82) is 0 Å². The van der Waals surface area contributed by atoms with Crippen LogP contribution in [-0.4, -0.2) is 34.4 Å². The molecule has 0 radical (unpaired) electrons. The van der Waals surface area contributed by atoms with Crippen LogP contribution in [-0.2, 0) is 14.2 Å². The van der Waals surface area contributed by atoms with Crippen LogP contribution in [0.2, 0.25) is 0 Å². The van der Waals surface area contributed by atoms with E-state index in [4.69, 9.17) is 15.2 Å². The summed E-state index contributed by atoms with van der Waals surface area (Å²) in [6.07, 6.45) is 0. The first kappa shape index (κ1) is 17.9. The minimum atomic E-state index is -2.37. The molecular weight excluding hydrogens is 177 g/mol. The molecule has 0 aromatic rings. The average molecular weight is 182 g/mol. The van der Waals surface area contributed by atoms with Gasteiger partial charge in [-0.15, -0.1) is 0 Å². The molecule has 0 amide bonds. The van der Waals surface area contributed by atoms with E-state index in [2.05, 4.69) is 4.65 Å². The molecule has 0 heterocycles. The summed E-state index contributed by atoms with van der Waals surface area (Å²) in [7, 11) is -2.37. The predicted molar refractivity (Wildman–Crippen MR) is 26.1 cm³/mol. The van der Waals surface area contributed by atoms with Crippen molar-refractivity contribution in [2.24, 2.45) is 0 Å². The first-order chi connectivity index (χ1) is 4.04. The Hall–Kier alpha value is 0.925. The molecule has 0 saturated heterocycles. The summed E-state index contributed by atoms with van der Waals surface area (Å²) in [5.41, 5.74) is 0. The molecule has 0 unspecified atom stereocenters. The number of hydrogen-bond donors (Lipinski definition) is 3. The van der Waals surface area contributed by atoms with E-state index >= 15 is 0 Å². The summed E-state index contributed by atoms with van der Waals surface area (Å²) >= 11 is 0. The molecule has 0 aromatic carbocycles. The van der Waals surface area contributed by atoms with E-state index in [1.807, 2.05) is 0 Å². The van der Waals surface area contributed by atoms with Gasteiger partial charge in [0.15, 0.2) is 0 Å². The Morgan fingerprint density at radius 3 is 1.73 bits per heavy atom. The van der Waals surface area contributed by atoms with Crippen molar-refractivity contribution in [1.82, 2.24) is 0 Å². The molecule has 0 aliphatic rings. The molecule has 11 heavy (non-hydrogen) atoms. The van der Waals surface area contributed by atoms with Gasteiger partial charge in [0.25, 0.3) is 0 Å². The van der Waals surface area contributed by atoms with E-state index in [-0.39, 0.29) is 62.0 Å². The molecule has 0 saturated carbocycles. The smallest absolute Gasteiger partial charge is 1.00 e. The van der Waals surface area contributed by atoms with Crippen LogP contribution in [0.25, 0.3) is 0 Å². The van der Waals surface area contributed by atoms with Gasteiger partial charge in [-0.05, 0) is 0 Å². The van der Waals surface area contributed by atoms with Crippen molar-refractivity contribution >= 4 is 19.3 Å². The van der Waals surface area contributed by atoms with Gasteiger partial charge in [0.2, 0.25) is 0 Å². The predicted octanol–water partition coefficient (Wildman–Crippen LogP) is -8.18. The molecule has 0 aromatic heterocycles. The van der Waals surface area contributed by atoms with Gasteiger partial charge < -0.3 is 22.7 Å². The zero-order chi connectivity index (χ0) is 7.44. The normalized spacial score (nSPS) is 6.73. The maximum Gasteiger partial charge on any atom is 1.00 e. The van der Waals surface area contributed by atoms with Gasteiger partial charge in [-0.2, -0.15) is 0 Å². The SMILES string of the molecule is O=C(O)C(=O)OB(O)O.[H-].[H-].[Na+].[Na+]. The molecule has 3 N–H and O–H groups in total. The van der Waals surface area contributed by atoms with Gasteiger partial charge in [0.1, 0.15) is 0 Å². The Balaban J connectivity index is -0.0000000533. The monoisotopic (exact) mass is 182 g/mol. The maximum atomic E-state index is 9.81. The molecule has 54 valence electrons. The molecule has 6 nitrogen and oxygen atoms in total. The fraction of sp³-hybridized carbons (Fsp3) is 0. The average Bonchev–Trinajstić information content (AvgIpc) is 1.63. The van der Waals surface area contributed by atoms with Gasteiger partial charge in [0.05, 0.1) is 0 Å². The van der Waals surface area contributed by atoms with Crippen LogP contribution in [0.1, 0.15) is 2.85 Å². The fourth-order valence-electron chi connectivity index (χ4n) is 0.146. The molecule has 0 fully saturated rings. The Kier molecular flexibility index (Phi) is 14.6. The molecule has 9 heteroatoms. The van der Waals surface area contributed by atoms with Crippen molar-refractivity contribution < 1.29 is 91.4 Å². The Bertz CT molecular complexity index is 145. The van der Waals surface area contributed by atoms with Gasteiger partial charge in [-0.1, -0.05) is 0 Å². The number of carboxylic acids is 1. The van der Waals surface area contributed by atoms with Gasteiger partial charge in [-0.3, -0.25) is 0 Å². The first-order valence-corrected chi connectivity index (χ1v) is 1.84. The fourth-order valence-corrected chi connectivity index (χ4v) is 0.146. The third kappa shape index (κ3) is 10.9.